The van der Waals surface area contributed by atoms with Crippen molar-refractivity contribution in [3.05, 3.63) is 35.9 Å². The van der Waals surface area contributed by atoms with E-state index < -0.39 is 25.6 Å². The number of alkyl halides is 4. The summed E-state index contributed by atoms with van der Waals surface area (Å²) in [6, 6.07) is 9.36. The molecule has 1 fully saturated rings. The number of carbonyl (C=O) groups excluding carboxylic acids is 1. The molecule has 1 aromatic rings. The number of hydrogen-bond donors (Lipinski definition) is 0. The van der Waals surface area contributed by atoms with Gasteiger partial charge in [0.15, 0.2) is 5.78 Å². The van der Waals surface area contributed by atoms with Gasteiger partial charge in [-0.05, 0) is 17.9 Å². The Morgan fingerprint density at radius 3 is 2.55 bits per heavy atom. The zero-order valence-corrected chi connectivity index (χ0v) is 10.6. The third-order valence-corrected chi connectivity index (χ3v) is 3.29. The van der Waals surface area contributed by atoms with Gasteiger partial charge in [0, 0.05) is 5.92 Å². The van der Waals surface area contributed by atoms with E-state index >= 15 is 0 Å². The van der Waals surface area contributed by atoms with E-state index in [1.807, 2.05) is 30.3 Å². The molecule has 0 aromatic heterocycles. The van der Waals surface area contributed by atoms with E-state index in [4.69, 9.17) is 0 Å². The van der Waals surface area contributed by atoms with Gasteiger partial charge in [-0.15, -0.1) is 0 Å². The lowest BCUT2D eigenvalue weighted by molar-refractivity contribution is -0.168. The average Bonchev–Trinajstić information content (AvgIpc) is 3.19. The second-order valence-corrected chi connectivity index (χ2v) is 4.88. The van der Waals surface area contributed by atoms with E-state index in [9.17, 15) is 22.4 Å². The minimum Gasteiger partial charge on any atom is -0.367 e. The van der Waals surface area contributed by atoms with Gasteiger partial charge in [0.25, 0.3) is 0 Å². The van der Waals surface area contributed by atoms with Crippen LogP contribution in [-0.4, -0.2) is 31.3 Å². The molecule has 2 nitrogen and oxygen atoms in total. The maximum Gasteiger partial charge on any atom is 0.330 e. The predicted molar refractivity (Wildman–Crippen MR) is 64.1 cm³/mol. The van der Waals surface area contributed by atoms with Crippen LogP contribution in [0.2, 0.25) is 0 Å². The highest BCUT2D eigenvalue weighted by Gasteiger charge is 2.44. The summed E-state index contributed by atoms with van der Waals surface area (Å²) in [7, 11) is 0. The maximum absolute atomic E-state index is 12.6. The van der Waals surface area contributed by atoms with Crippen LogP contribution >= 0.6 is 0 Å². The number of benzene rings is 1. The Morgan fingerprint density at radius 1 is 1.30 bits per heavy atom. The molecule has 0 saturated heterocycles. The van der Waals surface area contributed by atoms with Crippen LogP contribution in [0.1, 0.15) is 17.9 Å². The maximum atomic E-state index is 12.6. The number of ether oxygens (including phenoxy) is 1. The van der Waals surface area contributed by atoms with Crippen LogP contribution in [0.25, 0.3) is 0 Å². The molecule has 0 radical (unpaired) electrons. The van der Waals surface area contributed by atoms with E-state index in [2.05, 4.69) is 4.74 Å². The highest BCUT2D eigenvalue weighted by Crippen LogP contribution is 2.47. The molecule has 0 aliphatic heterocycles. The second-order valence-electron chi connectivity index (χ2n) is 4.88. The van der Waals surface area contributed by atoms with Crippen LogP contribution in [-0.2, 0) is 9.53 Å². The number of hydrogen-bond acceptors (Lipinski definition) is 2. The van der Waals surface area contributed by atoms with Crippen molar-refractivity contribution in [2.45, 2.75) is 24.7 Å². The van der Waals surface area contributed by atoms with Crippen molar-refractivity contribution >= 4 is 5.78 Å². The molecule has 0 heterocycles. The first-order chi connectivity index (χ1) is 9.42. The standard InChI is InChI=1S/C14H14F4O2/c15-13(16)14(17,18)8-20-7-12(19)11-6-10(11)9-4-2-1-3-5-9/h1-5,10-11,13H,6-8H2. The minimum absolute atomic E-state index is 0.0860. The second kappa shape index (κ2) is 5.91. The number of rotatable bonds is 7. The highest BCUT2D eigenvalue weighted by molar-refractivity contribution is 5.86. The Kier molecular flexibility index (Phi) is 4.42. The zero-order valence-electron chi connectivity index (χ0n) is 10.6. The summed E-state index contributed by atoms with van der Waals surface area (Å²) in [5.74, 6) is -4.69. The third kappa shape index (κ3) is 3.56. The average molecular weight is 290 g/mol. The topological polar surface area (TPSA) is 26.3 Å². The van der Waals surface area contributed by atoms with Crippen molar-refractivity contribution in [1.82, 2.24) is 0 Å². The van der Waals surface area contributed by atoms with Crippen LogP contribution in [0, 0.1) is 5.92 Å². The molecule has 0 bridgehead atoms. The molecule has 2 atom stereocenters. The molecule has 0 N–H and O–H groups in total. The van der Waals surface area contributed by atoms with Crippen molar-refractivity contribution in [2.24, 2.45) is 5.92 Å². The van der Waals surface area contributed by atoms with Crippen LogP contribution in [0.5, 0.6) is 0 Å². The fraction of sp³-hybridized carbons (Fsp3) is 0.500. The molecule has 1 saturated carbocycles. The van der Waals surface area contributed by atoms with E-state index in [1.165, 1.54) is 0 Å². The molecular formula is C14H14F4O2. The van der Waals surface area contributed by atoms with E-state index in [-0.39, 0.29) is 17.6 Å². The largest absolute Gasteiger partial charge is 0.367 e. The SMILES string of the molecule is O=C(COCC(F)(F)C(F)F)C1CC1c1ccccc1. The van der Waals surface area contributed by atoms with Crippen LogP contribution in [0.4, 0.5) is 17.6 Å². The van der Waals surface area contributed by atoms with Crippen LogP contribution in [0.3, 0.4) is 0 Å². The molecule has 110 valence electrons. The third-order valence-electron chi connectivity index (χ3n) is 3.29. The molecule has 6 heteroatoms. The van der Waals surface area contributed by atoms with Gasteiger partial charge in [0.05, 0.1) is 0 Å². The lowest BCUT2D eigenvalue weighted by Gasteiger charge is -2.14. The van der Waals surface area contributed by atoms with E-state index in [1.54, 1.807) is 0 Å². The molecule has 2 rings (SSSR count). The highest BCUT2D eigenvalue weighted by atomic mass is 19.3. The van der Waals surface area contributed by atoms with Crippen molar-refractivity contribution in [1.29, 1.82) is 0 Å². The van der Waals surface area contributed by atoms with Gasteiger partial charge in [-0.1, -0.05) is 30.3 Å². The molecule has 1 aromatic carbocycles. The van der Waals surface area contributed by atoms with Gasteiger partial charge in [0.1, 0.15) is 13.2 Å². The summed E-state index contributed by atoms with van der Waals surface area (Å²) in [6.07, 6.45) is -3.13. The molecular weight excluding hydrogens is 276 g/mol. The van der Waals surface area contributed by atoms with Crippen LogP contribution < -0.4 is 0 Å². The first-order valence-electron chi connectivity index (χ1n) is 6.23. The summed E-state index contributed by atoms with van der Waals surface area (Å²) in [4.78, 5) is 11.7. The molecule has 20 heavy (non-hydrogen) atoms. The van der Waals surface area contributed by atoms with Gasteiger partial charge in [-0.2, -0.15) is 8.78 Å². The lowest BCUT2D eigenvalue weighted by atomic mass is 10.1. The fourth-order valence-corrected chi connectivity index (χ4v) is 2.08. The van der Waals surface area contributed by atoms with Crippen molar-refractivity contribution in [3.63, 3.8) is 0 Å². The number of halogens is 4. The monoisotopic (exact) mass is 290 g/mol. The molecule has 0 spiro atoms. The van der Waals surface area contributed by atoms with Gasteiger partial charge in [0.2, 0.25) is 0 Å². The van der Waals surface area contributed by atoms with Crippen molar-refractivity contribution in [2.75, 3.05) is 13.2 Å². The Balaban J connectivity index is 1.75. The van der Waals surface area contributed by atoms with Gasteiger partial charge < -0.3 is 4.74 Å². The summed E-state index contributed by atoms with van der Waals surface area (Å²) < 4.78 is 53.3. The van der Waals surface area contributed by atoms with E-state index in [0.717, 1.165) is 5.56 Å². The first-order valence-corrected chi connectivity index (χ1v) is 6.23. The Bertz CT molecular complexity index is 462. The smallest absolute Gasteiger partial charge is 0.330 e. The quantitative estimate of drug-likeness (QED) is 0.720. The normalized spacial score (nSPS) is 22.1. The Hall–Kier alpha value is -1.43. The number of ketones is 1. The summed E-state index contributed by atoms with van der Waals surface area (Å²) in [6.45, 7) is -1.98. The van der Waals surface area contributed by atoms with Gasteiger partial charge in [-0.3, -0.25) is 4.79 Å². The number of carbonyl (C=O) groups is 1. The molecule has 2 unspecified atom stereocenters. The molecule has 0 amide bonds. The molecule has 1 aliphatic carbocycles. The van der Waals surface area contributed by atoms with E-state index in [0.29, 0.717) is 6.42 Å². The summed E-state index contributed by atoms with van der Waals surface area (Å²) in [5.41, 5.74) is 1.02. The first kappa shape index (κ1) is 15.0. The lowest BCUT2D eigenvalue weighted by Crippen LogP contribution is -2.33. The minimum atomic E-state index is -4.21. The van der Waals surface area contributed by atoms with Crippen molar-refractivity contribution in [3.8, 4) is 0 Å². The summed E-state index contributed by atoms with van der Waals surface area (Å²) in [5, 5.41) is 0. The Labute approximate surface area is 113 Å². The van der Waals surface area contributed by atoms with Gasteiger partial charge >= 0.3 is 12.3 Å². The fourth-order valence-electron chi connectivity index (χ4n) is 2.08. The predicted octanol–water partition coefficient (Wildman–Crippen LogP) is 3.28. The Morgan fingerprint density at radius 2 is 1.95 bits per heavy atom. The van der Waals surface area contributed by atoms with Gasteiger partial charge in [-0.25, -0.2) is 8.78 Å². The number of Topliss-reactive ketones (excluding diaryl/α,β-unsaturated/α-hetero) is 1. The molecule has 1 aliphatic rings. The summed E-state index contributed by atoms with van der Waals surface area (Å²) >= 11 is 0. The zero-order chi connectivity index (χ0) is 14.8. The van der Waals surface area contributed by atoms with Crippen molar-refractivity contribution < 1.29 is 27.1 Å². The van der Waals surface area contributed by atoms with Crippen LogP contribution in [0.15, 0.2) is 30.3 Å².